The zero-order chi connectivity index (χ0) is 18.0. The van der Waals surface area contributed by atoms with Crippen molar-refractivity contribution in [3.8, 4) is 0 Å². The maximum Gasteiger partial charge on any atom is 0.261 e. The van der Waals surface area contributed by atoms with Crippen LogP contribution in [0.5, 0.6) is 0 Å². The number of aromatic amines is 1. The van der Waals surface area contributed by atoms with Crippen LogP contribution in [0.1, 0.15) is 29.4 Å². The molecule has 1 unspecified atom stereocenters. The molecule has 130 valence electrons. The van der Waals surface area contributed by atoms with E-state index in [2.05, 4.69) is 15.5 Å². The van der Waals surface area contributed by atoms with Crippen LogP contribution in [0.3, 0.4) is 0 Å². The Morgan fingerprint density at radius 2 is 2.16 bits per heavy atom. The third-order valence-electron chi connectivity index (χ3n) is 4.22. The first-order valence-electron chi connectivity index (χ1n) is 7.97. The number of hydrogen-bond acceptors (Lipinski definition) is 3. The van der Waals surface area contributed by atoms with Gasteiger partial charge in [-0.05, 0) is 37.6 Å². The van der Waals surface area contributed by atoms with Gasteiger partial charge >= 0.3 is 0 Å². The van der Waals surface area contributed by atoms with Crippen molar-refractivity contribution in [1.29, 1.82) is 0 Å². The molecule has 0 amide bonds. The normalized spacial score (nSPS) is 20.2. The molecule has 0 radical (unpaired) electrons. The van der Waals surface area contributed by atoms with Crippen LogP contribution in [0.15, 0.2) is 59.8 Å². The molecule has 4 nitrogen and oxygen atoms in total. The first kappa shape index (κ1) is 17.1. The average Bonchev–Trinajstić information content (AvgIpc) is 3.08. The minimum atomic E-state index is -2.70. The zero-order valence-electron chi connectivity index (χ0n) is 14.0. The maximum atomic E-state index is 13.6. The number of nitrogens with zero attached hydrogens (tertiary/aromatic N) is 1. The first-order valence-corrected chi connectivity index (χ1v) is 7.97. The van der Waals surface area contributed by atoms with E-state index in [1.165, 1.54) is 18.3 Å². The lowest BCUT2D eigenvalue weighted by Crippen LogP contribution is -2.36. The smallest absolute Gasteiger partial charge is 0.261 e. The Balaban J connectivity index is 1.89. The quantitative estimate of drug-likeness (QED) is 0.796. The number of hydrogen-bond donors (Lipinski definition) is 2. The second-order valence-corrected chi connectivity index (χ2v) is 6.46. The molecule has 0 saturated heterocycles. The minimum Gasteiger partial charge on any atom is -0.376 e. The lowest BCUT2D eigenvalue weighted by Gasteiger charge is -2.33. The summed E-state index contributed by atoms with van der Waals surface area (Å²) < 4.78 is 27.2. The van der Waals surface area contributed by atoms with Crippen LogP contribution in [0, 0.1) is 6.92 Å². The summed E-state index contributed by atoms with van der Waals surface area (Å²) in [6.07, 6.45) is 2.02. The van der Waals surface area contributed by atoms with Gasteiger partial charge in [0.05, 0.1) is 5.54 Å². The molecule has 0 spiro atoms. The summed E-state index contributed by atoms with van der Waals surface area (Å²) in [6.45, 7) is 3.81. The van der Waals surface area contributed by atoms with E-state index in [4.69, 9.17) is 0 Å². The molecule has 1 aromatic carbocycles. The van der Waals surface area contributed by atoms with Gasteiger partial charge in [0.15, 0.2) is 0 Å². The second-order valence-electron chi connectivity index (χ2n) is 6.46. The van der Waals surface area contributed by atoms with Crippen LogP contribution in [0.2, 0.25) is 0 Å². The van der Waals surface area contributed by atoms with E-state index in [9.17, 15) is 13.6 Å². The van der Waals surface area contributed by atoms with E-state index >= 15 is 0 Å². The monoisotopic (exact) mass is 343 g/mol. The summed E-state index contributed by atoms with van der Waals surface area (Å²) in [6, 6.07) is 9.20. The van der Waals surface area contributed by atoms with E-state index in [1.54, 1.807) is 6.08 Å². The Kier molecular flexibility index (Phi) is 4.53. The van der Waals surface area contributed by atoms with Gasteiger partial charge in [-0.1, -0.05) is 24.3 Å². The minimum absolute atomic E-state index is 0.0303. The number of aromatic nitrogens is 2. The third-order valence-corrected chi connectivity index (χ3v) is 4.22. The van der Waals surface area contributed by atoms with Gasteiger partial charge < -0.3 is 5.32 Å². The van der Waals surface area contributed by atoms with E-state index in [0.29, 0.717) is 0 Å². The number of Topliss-reactive ketones (excluding diaryl/α,β-unsaturated/α-hetero) is 1. The molecule has 2 aromatic rings. The van der Waals surface area contributed by atoms with Crippen molar-refractivity contribution in [2.24, 2.45) is 0 Å². The summed E-state index contributed by atoms with van der Waals surface area (Å²) in [5, 5.41) is 9.53. The number of H-pyrrole nitrogens is 1. The number of anilines is 1. The number of benzene rings is 1. The van der Waals surface area contributed by atoms with Crippen LogP contribution in [-0.2, 0) is 0 Å². The van der Waals surface area contributed by atoms with Gasteiger partial charge in [-0.3, -0.25) is 9.89 Å². The van der Waals surface area contributed by atoms with E-state index in [-0.39, 0.29) is 23.3 Å². The summed E-state index contributed by atoms with van der Waals surface area (Å²) in [4.78, 5) is 12.5. The molecule has 0 fully saturated rings. The van der Waals surface area contributed by atoms with Gasteiger partial charge in [0.25, 0.3) is 6.43 Å². The lowest BCUT2D eigenvalue weighted by molar-refractivity contribution is 0.102. The highest BCUT2D eigenvalue weighted by atomic mass is 19.3. The largest absolute Gasteiger partial charge is 0.376 e. The van der Waals surface area contributed by atoms with Gasteiger partial charge in [-0.25, -0.2) is 8.78 Å². The van der Waals surface area contributed by atoms with Gasteiger partial charge in [-0.2, -0.15) is 5.10 Å². The molecule has 3 rings (SSSR count). The Bertz CT molecular complexity index is 840. The summed E-state index contributed by atoms with van der Waals surface area (Å²) in [5.74, 6) is -0.471. The Morgan fingerprint density at radius 3 is 2.80 bits per heavy atom. The summed E-state index contributed by atoms with van der Waals surface area (Å²) >= 11 is 0. The van der Waals surface area contributed by atoms with Crippen LogP contribution < -0.4 is 5.32 Å². The van der Waals surface area contributed by atoms with Crippen molar-refractivity contribution in [2.45, 2.75) is 32.2 Å². The molecular weight excluding hydrogens is 324 g/mol. The maximum absolute atomic E-state index is 13.6. The molecular formula is C19H19F2N3O. The summed E-state index contributed by atoms with van der Waals surface area (Å²) in [5.41, 5.74) is 1.30. The highest BCUT2D eigenvalue weighted by Crippen LogP contribution is 2.34. The topological polar surface area (TPSA) is 57.8 Å². The summed E-state index contributed by atoms with van der Waals surface area (Å²) in [7, 11) is 0. The number of ketones is 1. The number of allylic oxidation sites excluding steroid dienone is 2. The van der Waals surface area contributed by atoms with Gasteiger partial charge in [0.1, 0.15) is 5.69 Å². The number of halogens is 2. The fourth-order valence-electron chi connectivity index (χ4n) is 3.01. The number of carbonyl (C=O) groups is 1. The van der Waals surface area contributed by atoms with Crippen LogP contribution in [-0.4, -0.2) is 27.9 Å². The molecule has 0 saturated carbocycles. The fraction of sp³-hybridized carbons (Fsp3) is 0.263. The highest BCUT2D eigenvalue weighted by molar-refractivity contribution is 6.10. The van der Waals surface area contributed by atoms with E-state index in [1.807, 2.05) is 38.1 Å². The number of rotatable bonds is 5. The van der Waals surface area contributed by atoms with Crippen molar-refractivity contribution < 1.29 is 13.6 Å². The SMILES string of the molecule is Cc1cccc(NC2(C)C=CC(C(=O)c3ccn[nH]3)=C(C(F)F)C2)c1. The van der Waals surface area contributed by atoms with Crippen molar-refractivity contribution in [3.63, 3.8) is 0 Å². The number of aryl methyl sites for hydroxylation is 1. The Hall–Kier alpha value is -2.76. The molecule has 1 aromatic heterocycles. The second kappa shape index (κ2) is 6.63. The van der Waals surface area contributed by atoms with Gasteiger partial charge in [0, 0.05) is 29.5 Å². The average molecular weight is 343 g/mol. The zero-order valence-corrected chi connectivity index (χ0v) is 14.0. The number of alkyl halides is 2. The molecule has 0 aliphatic heterocycles. The Labute approximate surface area is 144 Å². The van der Waals surface area contributed by atoms with Gasteiger partial charge in [0.2, 0.25) is 5.78 Å². The fourth-order valence-corrected chi connectivity index (χ4v) is 3.01. The van der Waals surface area contributed by atoms with Crippen molar-refractivity contribution in [3.05, 3.63) is 71.1 Å². The highest BCUT2D eigenvalue weighted by Gasteiger charge is 2.33. The molecule has 25 heavy (non-hydrogen) atoms. The van der Waals surface area contributed by atoms with Crippen LogP contribution >= 0.6 is 0 Å². The first-order chi connectivity index (χ1) is 11.9. The molecule has 6 heteroatoms. The lowest BCUT2D eigenvalue weighted by atomic mass is 9.82. The predicted octanol–water partition coefficient (Wildman–Crippen LogP) is 4.29. The number of nitrogens with one attached hydrogen (secondary N) is 2. The molecule has 1 aliphatic carbocycles. The van der Waals surface area contributed by atoms with E-state index < -0.39 is 17.7 Å². The molecule has 2 N–H and O–H groups in total. The molecule has 0 bridgehead atoms. The van der Waals surface area contributed by atoms with Crippen LogP contribution in [0.25, 0.3) is 0 Å². The van der Waals surface area contributed by atoms with Gasteiger partial charge in [-0.15, -0.1) is 0 Å². The number of carbonyl (C=O) groups excluding carboxylic acids is 1. The molecule has 1 atom stereocenters. The van der Waals surface area contributed by atoms with E-state index in [0.717, 1.165) is 11.3 Å². The molecule has 1 aliphatic rings. The standard InChI is InChI=1S/C19H19F2N3O/c1-12-4-3-5-13(10-12)23-19(2)8-6-14(15(11-19)18(20)21)17(25)16-7-9-22-24-16/h3-10,18,23H,11H2,1-2H3,(H,22,24). The van der Waals surface area contributed by atoms with Crippen molar-refractivity contribution in [1.82, 2.24) is 10.2 Å². The molecule has 1 heterocycles. The third kappa shape index (κ3) is 3.68. The Morgan fingerprint density at radius 1 is 1.36 bits per heavy atom. The predicted molar refractivity (Wildman–Crippen MR) is 92.9 cm³/mol. The van der Waals surface area contributed by atoms with Crippen molar-refractivity contribution >= 4 is 11.5 Å². The van der Waals surface area contributed by atoms with Crippen LogP contribution in [0.4, 0.5) is 14.5 Å². The van der Waals surface area contributed by atoms with Crippen molar-refractivity contribution in [2.75, 3.05) is 5.32 Å².